The molecule has 1 atom stereocenters. The van der Waals surface area contributed by atoms with Gasteiger partial charge in [0.2, 0.25) is 5.89 Å². The highest BCUT2D eigenvalue weighted by Crippen LogP contribution is 2.22. The molecule has 1 fully saturated rings. The minimum atomic E-state index is 0.171. The molecule has 0 bridgehead atoms. The molecule has 1 aliphatic rings. The van der Waals surface area contributed by atoms with E-state index in [2.05, 4.69) is 46.4 Å². The van der Waals surface area contributed by atoms with Crippen molar-refractivity contribution in [2.45, 2.75) is 39.2 Å². The Balaban J connectivity index is 1.78. The van der Waals surface area contributed by atoms with Crippen LogP contribution >= 0.6 is 0 Å². The molecule has 120 valence electrons. The van der Waals surface area contributed by atoms with Crippen LogP contribution in [-0.4, -0.2) is 46.9 Å². The number of rotatable bonds is 5. The van der Waals surface area contributed by atoms with Crippen molar-refractivity contribution in [2.24, 2.45) is 0 Å². The third-order valence-corrected chi connectivity index (χ3v) is 4.23. The second-order valence-electron chi connectivity index (χ2n) is 5.66. The zero-order chi connectivity index (χ0) is 15.5. The first-order chi connectivity index (χ1) is 10.7. The number of nitrogens with zero attached hydrogens (tertiary/aromatic N) is 4. The Morgan fingerprint density at radius 1 is 1.23 bits per heavy atom. The van der Waals surface area contributed by atoms with Crippen molar-refractivity contribution in [1.29, 1.82) is 0 Å². The fourth-order valence-corrected chi connectivity index (χ4v) is 2.86. The fourth-order valence-electron chi connectivity index (χ4n) is 2.86. The van der Waals surface area contributed by atoms with Crippen molar-refractivity contribution >= 4 is 0 Å². The van der Waals surface area contributed by atoms with Crippen LogP contribution in [0.25, 0.3) is 0 Å². The van der Waals surface area contributed by atoms with Crippen molar-refractivity contribution in [1.82, 2.24) is 25.5 Å². The van der Waals surface area contributed by atoms with Gasteiger partial charge in [0.1, 0.15) is 5.76 Å². The van der Waals surface area contributed by atoms with Gasteiger partial charge in [-0.3, -0.25) is 4.90 Å². The topological polar surface area (TPSA) is 80.2 Å². The predicted molar refractivity (Wildman–Crippen MR) is 80.6 cm³/mol. The molecule has 3 heterocycles. The first kappa shape index (κ1) is 15.2. The second-order valence-corrected chi connectivity index (χ2v) is 5.66. The Morgan fingerprint density at radius 2 is 2.09 bits per heavy atom. The molecule has 0 spiro atoms. The molecule has 3 rings (SSSR count). The zero-order valence-corrected chi connectivity index (χ0v) is 13.4. The normalized spacial score (nSPS) is 19.7. The van der Waals surface area contributed by atoms with Crippen LogP contribution in [-0.2, 0) is 19.3 Å². The minimum absolute atomic E-state index is 0.171. The van der Waals surface area contributed by atoms with Crippen molar-refractivity contribution in [2.75, 3.05) is 26.7 Å². The fraction of sp³-hybridized carbons (Fsp3) is 0.667. The summed E-state index contributed by atoms with van der Waals surface area (Å²) < 4.78 is 10.8. The molecule has 0 amide bonds. The average molecular weight is 305 g/mol. The van der Waals surface area contributed by atoms with Crippen LogP contribution in [0.5, 0.6) is 0 Å². The summed E-state index contributed by atoms with van der Waals surface area (Å²) in [6.45, 7) is 6.97. The first-order valence-electron chi connectivity index (χ1n) is 7.92. The molecule has 1 aliphatic heterocycles. The monoisotopic (exact) mass is 305 g/mol. The summed E-state index contributed by atoms with van der Waals surface area (Å²) in [4.78, 5) is 6.83. The molecule has 1 saturated heterocycles. The zero-order valence-electron chi connectivity index (χ0n) is 13.4. The summed E-state index contributed by atoms with van der Waals surface area (Å²) in [6.07, 6.45) is 2.25. The molecule has 1 N–H and O–H groups in total. The van der Waals surface area contributed by atoms with E-state index in [1.807, 2.05) is 0 Å². The van der Waals surface area contributed by atoms with E-state index >= 15 is 0 Å². The molecule has 0 aliphatic carbocycles. The third kappa shape index (κ3) is 2.91. The molecule has 0 radical (unpaired) electrons. The highest BCUT2D eigenvalue weighted by Gasteiger charge is 2.26. The summed E-state index contributed by atoms with van der Waals surface area (Å²) in [6, 6.07) is 0.171. The summed E-state index contributed by atoms with van der Waals surface area (Å²) in [5, 5.41) is 11.7. The lowest BCUT2D eigenvalue weighted by Crippen LogP contribution is -2.44. The van der Waals surface area contributed by atoms with E-state index in [0.29, 0.717) is 12.3 Å². The van der Waals surface area contributed by atoms with Gasteiger partial charge in [-0.1, -0.05) is 24.2 Å². The van der Waals surface area contributed by atoms with Gasteiger partial charge in [0.25, 0.3) is 0 Å². The van der Waals surface area contributed by atoms with E-state index < -0.39 is 0 Å². The van der Waals surface area contributed by atoms with Crippen LogP contribution in [0.1, 0.15) is 48.6 Å². The Labute approximate surface area is 130 Å². The number of piperazine rings is 1. The van der Waals surface area contributed by atoms with Crippen molar-refractivity contribution in [3.8, 4) is 0 Å². The van der Waals surface area contributed by atoms with Crippen LogP contribution in [0, 0.1) is 0 Å². The van der Waals surface area contributed by atoms with Crippen molar-refractivity contribution in [3.63, 3.8) is 0 Å². The number of aryl methyl sites for hydroxylation is 2. The number of nitrogens with one attached hydrogen (secondary N) is 1. The second kappa shape index (κ2) is 6.58. The van der Waals surface area contributed by atoms with Crippen LogP contribution in [0.15, 0.2) is 9.05 Å². The Kier molecular flexibility index (Phi) is 4.54. The van der Waals surface area contributed by atoms with Gasteiger partial charge in [0, 0.05) is 31.6 Å². The smallest absolute Gasteiger partial charge is 0.231 e. The van der Waals surface area contributed by atoms with E-state index in [9.17, 15) is 0 Å². The number of hydrogen-bond donors (Lipinski definition) is 1. The van der Waals surface area contributed by atoms with Gasteiger partial charge >= 0.3 is 0 Å². The third-order valence-electron chi connectivity index (χ3n) is 4.23. The SMILES string of the molecule is CCc1noc(CC)c1Cc1nc(C2CNCCN2C)no1. The summed E-state index contributed by atoms with van der Waals surface area (Å²) in [5.74, 6) is 2.28. The van der Waals surface area contributed by atoms with E-state index in [0.717, 1.165) is 55.3 Å². The lowest BCUT2D eigenvalue weighted by Gasteiger charge is -2.30. The summed E-state index contributed by atoms with van der Waals surface area (Å²) in [7, 11) is 2.09. The van der Waals surface area contributed by atoms with Crippen LogP contribution in [0.4, 0.5) is 0 Å². The van der Waals surface area contributed by atoms with Crippen molar-refractivity contribution in [3.05, 3.63) is 28.7 Å². The molecular formula is C15H23N5O2. The van der Waals surface area contributed by atoms with Crippen LogP contribution in [0.3, 0.4) is 0 Å². The largest absolute Gasteiger partial charge is 0.361 e. The quantitative estimate of drug-likeness (QED) is 0.893. The maximum Gasteiger partial charge on any atom is 0.231 e. The molecule has 0 saturated carbocycles. The maximum atomic E-state index is 5.45. The maximum absolute atomic E-state index is 5.45. The highest BCUT2D eigenvalue weighted by atomic mass is 16.5. The molecule has 2 aromatic rings. The van der Waals surface area contributed by atoms with Crippen LogP contribution in [0.2, 0.25) is 0 Å². The highest BCUT2D eigenvalue weighted by molar-refractivity contribution is 5.26. The molecule has 7 nitrogen and oxygen atoms in total. The summed E-state index contributed by atoms with van der Waals surface area (Å²) in [5.41, 5.74) is 2.07. The lowest BCUT2D eigenvalue weighted by molar-refractivity contribution is 0.190. The predicted octanol–water partition coefficient (Wildman–Crippen LogP) is 1.35. The number of hydrogen-bond acceptors (Lipinski definition) is 7. The van der Waals surface area contributed by atoms with E-state index in [4.69, 9.17) is 9.05 Å². The molecule has 2 aromatic heterocycles. The van der Waals surface area contributed by atoms with Gasteiger partial charge in [0.05, 0.1) is 18.2 Å². The molecule has 22 heavy (non-hydrogen) atoms. The standard InChI is InChI=1S/C15H23N5O2/c1-4-11-10(13(5-2)21-18-11)8-14-17-15(19-22-14)12-9-16-6-7-20(12)3/h12,16H,4-9H2,1-3H3. The van der Waals surface area contributed by atoms with Gasteiger partial charge in [-0.15, -0.1) is 0 Å². The van der Waals surface area contributed by atoms with Gasteiger partial charge in [-0.25, -0.2) is 0 Å². The number of likely N-dealkylation sites (N-methyl/N-ethyl adjacent to an activating group) is 1. The van der Waals surface area contributed by atoms with Crippen LogP contribution < -0.4 is 5.32 Å². The van der Waals surface area contributed by atoms with Gasteiger partial charge in [0.15, 0.2) is 5.82 Å². The van der Waals surface area contributed by atoms with E-state index in [-0.39, 0.29) is 6.04 Å². The lowest BCUT2D eigenvalue weighted by atomic mass is 10.1. The molecule has 7 heteroatoms. The average Bonchev–Trinajstić information content (AvgIpc) is 3.15. The Bertz CT molecular complexity index is 600. The van der Waals surface area contributed by atoms with Gasteiger partial charge < -0.3 is 14.4 Å². The van der Waals surface area contributed by atoms with E-state index in [1.165, 1.54) is 0 Å². The Hall–Kier alpha value is -1.73. The number of aromatic nitrogens is 3. The Morgan fingerprint density at radius 3 is 2.82 bits per heavy atom. The minimum Gasteiger partial charge on any atom is -0.361 e. The molecule has 0 aromatic carbocycles. The van der Waals surface area contributed by atoms with Gasteiger partial charge in [-0.2, -0.15) is 4.98 Å². The van der Waals surface area contributed by atoms with Gasteiger partial charge in [-0.05, 0) is 13.5 Å². The van der Waals surface area contributed by atoms with E-state index in [1.54, 1.807) is 0 Å². The summed E-state index contributed by atoms with van der Waals surface area (Å²) >= 11 is 0. The molecular weight excluding hydrogens is 282 g/mol. The van der Waals surface area contributed by atoms with Crippen molar-refractivity contribution < 1.29 is 9.05 Å². The first-order valence-corrected chi connectivity index (χ1v) is 7.92. The molecule has 1 unspecified atom stereocenters.